The first-order chi connectivity index (χ1) is 13.3. The molecule has 1 aromatic heterocycles. The molecular weight excluding hydrogens is 369 g/mol. The third kappa shape index (κ3) is 4.33. The third-order valence-corrected chi connectivity index (χ3v) is 4.68. The lowest BCUT2D eigenvalue weighted by atomic mass is 9.97. The molecule has 2 aromatic rings. The van der Waals surface area contributed by atoms with Crippen molar-refractivity contribution in [2.75, 3.05) is 26.7 Å². The van der Waals surface area contributed by atoms with Crippen LogP contribution in [0.4, 0.5) is 4.39 Å². The number of carbonyl (C=O) groups is 3. The molecule has 1 fully saturated rings. The van der Waals surface area contributed by atoms with Crippen LogP contribution in [0.3, 0.4) is 0 Å². The van der Waals surface area contributed by atoms with Crippen molar-refractivity contribution in [3.8, 4) is 5.69 Å². The number of carbonyl (C=O) groups excluding carboxylic acids is 2. The highest BCUT2D eigenvalue weighted by Gasteiger charge is 2.28. The van der Waals surface area contributed by atoms with E-state index in [4.69, 9.17) is 5.11 Å². The largest absolute Gasteiger partial charge is 0.481 e. The fourth-order valence-corrected chi connectivity index (χ4v) is 3.01. The Bertz CT molecular complexity index is 874. The minimum Gasteiger partial charge on any atom is -0.481 e. The lowest BCUT2D eigenvalue weighted by Gasteiger charge is -2.31. The summed E-state index contributed by atoms with van der Waals surface area (Å²) in [5, 5.41) is 17.1. The number of aromatic nitrogens is 3. The number of amides is 2. The number of carboxylic acids is 1. The van der Waals surface area contributed by atoms with E-state index in [1.807, 2.05) is 0 Å². The lowest BCUT2D eigenvalue weighted by Crippen LogP contribution is -2.45. The average Bonchev–Trinajstić information content (AvgIpc) is 3.18. The topological polar surface area (TPSA) is 109 Å². The fraction of sp³-hybridized carbons (Fsp3) is 0.389. The van der Waals surface area contributed by atoms with Crippen molar-refractivity contribution in [2.24, 2.45) is 5.92 Å². The van der Waals surface area contributed by atoms with Crippen molar-refractivity contribution in [3.05, 3.63) is 42.0 Å². The van der Waals surface area contributed by atoms with Crippen LogP contribution in [0.2, 0.25) is 0 Å². The van der Waals surface area contributed by atoms with Crippen LogP contribution in [0.25, 0.3) is 5.69 Å². The van der Waals surface area contributed by atoms with Gasteiger partial charge in [0.05, 0.1) is 24.3 Å². The van der Waals surface area contributed by atoms with Gasteiger partial charge in [-0.25, -0.2) is 4.39 Å². The average molecular weight is 389 g/mol. The third-order valence-electron chi connectivity index (χ3n) is 4.68. The van der Waals surface area contributed by atoms with Crippen LogP contribution in [0.5, 0.6) is 0 Å². The second kappa shape index (κ2) is 8.15. The SMILES string of the molecule is CN(CC(=O)N1CCC(C(=O)O)CC1)C(=O)c1cnn(-c2ccc(F)cc2)n1. The summed E-state index contributed by atoms with van der Waals surface area (Å²) in [5.74, 6) is -2.38. The summed E-state index contributed by atoms with van der Waals surface area (Å²) >= 11 is 0. The van der Waals surface area contributed by atoms with Crippen molar-refractivity contribution >= 4 is 17.8 Å². The normalized spacial score (nSPS) is 14.7. The molecule has 1 aliphatic rings. The maximum Gasteiger partial charge on any atom is 0.306 e. The summed E-state index contributed by atoms with van der Waals surface area (Å²) in [6.07, 6.45) is 2.10. The van der Waals surface area contributed by atoms with Crippen LogP contribution in [-0.4, -0.2) is 74.4 Å². The smallest absolute Gasteiger partial charge is 0.306 e. The second-order valence-electron chi connectivity index (χ2n) is 6.65. The molecule has 2 heterocycles. The minimum atomic E-state index is -0.844. The zero-order valence-corrected chi connectivity index (χ0v) is 15.3. The molecule has 10 heteroatoms. The van der Waals surface area contributed by atoms with E-state index in [0.29, 0.717) is 31.6 Å². The van der Waals surface area contributed by atoms with E-state index >= 15 is 0 Å². The van der Waals surface area contributed by atoms with Crippen molar-refractivity contribution < 1.29 is 23.9 Å². The number of halogens is 1. The van der Waals surface area contributed by atoms with Crippen LogP contribution < -0.4 is 0 Å². The Labute approximate surface area is 160 Å². The number of likely N-dealkylation sites (tertiary alicyclic amines) is 1. The van der Waals surface area contributed by atoms with Gasteiger partial charge in [0.1, 0.15) is 5.82 Å². The Kier molecular flexibility index (Phi) is 5.67. The Morgan fingerprint density at radius 1 is 1.21 bits per heavy atom. The summed E-state index contributed by atoms with van der Waals surface area (Å²) < 4.78 is 13.0. The van der Waals surface area contributed by atoms with Gasteiger partial charge in [-0.15, -0.1) is 5.10 Å². The van der Waals surface area contributed by atoms with E-state index < -0.39 is 23.6 Å². The number of hydrogen-bond donors (Lipinski definition) is 1. The van der Waals surface area contributed by atoms with Gasteiger partial charge in [-0.1, -0.05) is 0 Å². The van der Waals surface area contributed by atoms with Gasteiger partial charge in [0, 0.05) is 20.1 Å². The van der Waals surface area contributed by atoms with Crippen LogP contribution in [-0.2, 0) is 9.59 Å². The van der Waals surface area contributed by atoms with Gasteiger partial charge in [0.2, 0.25) is 5.91 Å². The highest BCUT2D eigenvalue weighted by molar-refractivity contribution is 5.94. The number of nitrogens with zero attached hydrogens (tertiary/aromatic N) is 5. The molecule has 1 aromatic carbocycles. The Balaban J connectivity index is 1.58. The first kappa shape index (κ1) is 19.5. The first-order valence-electron chi connectivity index (χ1n) is 8.79. The molecule has 2 amide bonds. The monoisotopic (exact) mass is 389 g/mol. The molecule has 9 nitrogen and oxygen atoms in total. The molecule has 0 spiro atoms. The Hall–Kier alpha value is -3.30. The van der Waals surface area contributed by atoms with Gasteiger partial charge in [0.25, 0.3) is 5.91 Å². The summed E-state index contributed by atoms with van der Waals surface area (Å²) in [6, 6.07) is 5.49. The van der Waals surface area contributed by atoms with Crippen molar-refractivity contribution in [3.63, 3.8) is 0 Å². The van der Waals surface area contributed by atoms with Gasteiger partial charge in [0.15, 0.2) is 5.69 Å². The molecule has 1 saturated heterocycles. The van der Waals surface area contributed by atoms with E-state index in [2.05, 4.69) is 10.2 Å². The molecule has 1 aliphatic heterocycles. The van der Waals surface area contributed by atoms with Crippen molar-refractivity contribution in [1.82, 2.24) is 24.8 Å². The lowest BCUT2D eigenvalue weighted by molar-refractivity contribution is -0.145. The molecule has 148 valence electrons. The molecular formula is C18H20FN5O4. The molecule has 3 rings (SSSR count). The minimum absolute atomic E-state index is 0.0595. The maximum absolute atomic E-state index is 13.0. The van der Waals surface area contributed by atoms with Crippen LogP contribution >= 0.6 is 0 Å². The summed E-state index contributed by atoms with van der Waals surface area (Å²) in [4.78, 5) is 39.9. The summed E-state index contributed by atoms with van der Waals surface area (Å²) in [6.45, 7) is 0.580. The van der Waals surface area contributed by atoms with E-state index in [1.54, 1.807) is 4.90 Å². The van der Waals surface area contributed by atoms with E-state index in [-0.39, 0.29) is 18.1 Å². The number of hydrogen-bond acceptors (Lipinski definition) is 5. The first-order valence-corrected chi connectivity index (χ1v) is 8.79. The summed E-state index contributed by atoms with van der Waals surface area (Å²) in [7, 11) is 1.49. The van der Waals surface area contributed by atoms with Gasteiger partial charge in [-0.3, -0.25) is 14.4 Å². The number of carboxylic acid groups (broad SMARTS) is 1. The number of likely N-dealkylation sites (N-methyl/N-ethyl adjacent to an activating group) is 1. The Morgan fingerprint density at radius 2 is 1.86 bits per heavy atom. The van der Waals surface area contributed by atoms with E-state index in [0.717, 1.165) is 0 Å². The highest BCUT2D eigenvalue weighted by Crippen LogP contribution is 2.17. The van der Waals surface area contributed by atoms with Gasteiger partial charge in [-0.05, 0) is 37.1 Å². The predicted molar refractivity (Wildman–Crippen MR) is 95.2 cm³/mol. The highest BCUT2D eigenvalue weighted by atomic mass is 19.1. The zero-order valence-electron chi connectivity index (χ0n) is 15.3. The van der Waals surface area contributed by atoms with Gasteiger partial charge < -0.3 is 14.9 Å². The number of aliphatic carboxylic acids is 1. The molecule has 28 heavy (non-hydrogen) atoms. The molecule has 0 radical (unpaired) electrons. The van der Waals surface area contributed by atoms with E-state index in [9.17, 15) is 18.8 Å². The second-order valence-corrected chi connectivity index (χ2v) is 6.65. The number of piperidine rings is 1. The standard InChI is InChI=1S/C18H20FN5O4/c1-22(11-16(25)23-8-6-12(7-9-23)18(27)28)17(26)15-10-20-24(21-15)14-4-2-13(19)3-5-14/h2-5,10,12H,6-9,11H2,1H3,(H,27,28). The fourth-order valence-electron chi connectivity index (χ4n) is 3.01. The molecule has 1 N–H and O–H groups in total. The molecule has 0 unspecified atom stereocenters. The number of rotatable bonds is 5. The zero-order chi connectivity index (χ0) is 20.3. The van der Waals surface area contributed by atoms with Crippen LogP contribution in [0.1, 0.15) is 23.3 Å². The molecule has 0 atom stereocenters. The van der Waals surface area contributed by atoms with E-state index in [1.165, 1.54) is 47.2 Å². The maximum atomic E-state index is 13.0. The van der Waals surface area contributed by atoms with Crippen LogP contribution in [0.15, 0.2) is 30.5 Å². The molecule has 0 bridgehead atoms. The van der Waals surface area contributed by atoms with Crippen molar-refractivity contribution in [2.45, 2.75) is 12.8 Å². The Morgan fingerprint density at radius 3 is 2.46 bits per heavy atom. The van der Waals surface area contributed by atoms with Gasteiger partial charge in [-0.2, -0.15) is 9.90 Å². The molecule has 0 aliphatic carbocycles. The van der Waals surface area contributed by atoms with Crippen LogP contribution in [0, 0.1) is 11.7 Å². The summed E-state index contributed by atoms with van der Waals surface area (Å²) in [5.41, 5.74) is 0.560. The molecule has 0 saturated carbocycles. The predicted octanol–water partition coefficient (Wildman–Crippen LogP) is 0.802. The number of benzene rings is 1. The quantitative estimate of drug-likeness (QED) is 0.810. The van der Waals surface area contributed by atoms with Crippen molar-refractivity contribution in [1.29, 1.82) is 0 Å². The van der Waals surface area contributed by atoms with Gasteiger partial charge >= 0.3 is 5.97 Å².